The molecule has 1 heterocycles. The number of isocyanates is 1. The molecule has 1 aromatic heterocycles. The second kappa shape index (κ2) is 3.32. The molecule has 4 nitrogen and oxygen atoms in total. The van der Waals surface area contributed by atoms with E-state index in [1.807, 2.05) is 13.8 Å². The number of nitrogens with zero attached hydrogens (tertiary/aromatic N) is 3. The molecule has 0 radical (unpaired) electrons. The number of aryl methyl sites for hydroxylation is 1. The molecule has 12 heavy (non-hydrogen) atoms. The minimum atomic E-state index is 0.276. The molecule has 0 atom stereocenters. The van der Waals surface area contributed by atoms with Gasteiger partial charge in [0.25, 0.3) is 0 Å². The van der Waals surface area contributed by atoms with Crippen LogP contribution < -0.4 is 0 Å². The van der Waals surface area contributed by atoms with Crippen LogP contribution in [0, 0.1) is 0 Å². The van der Waals surface area contributed by atoms with E-state index in [1.165, 1.54) is 6.08 Å². The van der Waals surface area contributed by atoms with Gasteiger partial charge in [-0.3, -0.25) is 4.68 Å². The van der Waals surface area contributed by atoms with Crippen LogP contribution in [-0.4, -0.2) is 15.9 Å². The number of hydrogen-bond acceptors (Lipinski definition) is 3. The summed E-state index contributed by atoms with van der Waals surface area (Å²) < 4.78 is 1.64. The number of aliphatic imine (C=N–C) groups is 1. The van der Waals surface area contributed by atoms with Crippen LogP contribution in [0.5, 0.6) is 0 Å². The molecule has 0 aromatic carbocycles. The SMILES string of the molecule is CC(C)c1nn(C)cc1N=C=O. The fraction of sp³-hybridized carbons (Fsp3) is 0.500. The molecule has 0 saturated carbocycles. The zero-order valence-electron chi connectivity index (χ0n) is 7.40. The Labute approximate surface area is 70.9 Å². The normalized spacial score (nSPS) is 10.0. The highest BCUT2D eigenvalue weighted by atomic mass is 16.1. The van der Waals surface area contributed by atoms with Crippen molar-refractivity contribution < 1.29 is 4.79 Å². The smallest absolute Gasteiger partial charge is 0.240 e. The molecule has 0 bridgehead atoms. The molecule has 0 aliphatic rings. The first-order valence-electron chi connectivity index (χ1n) is 3.76. The Bertz CT molecular complexity index is 321. The predicted octanol–water partition coefficient (Wildman–Crippen LogP) is 1.51. The minimum Gasteiger partial charge on any atom is -0.273 e. The Balaban J connectivity index is 3.16. The average molecular weight is 165 g/mol. The van der Waals surface area contributed by atoms with E-state index in [1.54, 1.807) is 17.9 Å². The Morgan fingerprint density at radius 2 is 2.33 bits per heavy atom. The van der Waals surface area contributed by atoms with Crippen LogP contribution in [0.1, 0.15) is 25.5 Å². The Hall–Kier alpha value is -1.41. The highest BCUT2D eigenvalue weighted by Gasteiger charge is 2.09. The molecule has 0 N–H and O–H groups in total. The van der Waals surface area contributed by atoms with Gasteiger partial charge in [-0.25, -0.2) is 4.79 Å². The molecule has 0 amide bonds. The topological polar surface area (TPSA) is 47.2 Å². The van der Waals surface area contributed by atoms with Gasteiger partial charge in [-0.15, -0.1) is 0 Å². The summed E-state index contributed by atoms with van der Waals surface area (Å²) in [5.74, 6) is 0.276. The molecular formula is C8H11N3O. The maximum Gasteiger partial charge on any atom is 0.240 e. The average Bonchev–Trinajstić information content (AvgIpc) is 2.32. The third kappa shape index (κ3) is 1.60. The molecule has 1 aromatic rings. The van der Waals surface area contributed by atoms with E-state index in [4.69, 9.17) is 0 Å². The zero-order chi connectivity index (χ0) is 9.14. The van der Waals surface area contributed by atoms with E-state index in [9.17, 15) is 4.79 Å². The Morgan fingerprint density at radius 3 is 2.83 bits per heavy atom. The molecular weight excluding hydrogens is 154 g/mol. The van der Waals surface area contributed by atoms with Crippen LogP contribution >= 0.6 is 0 Å². The fourth-order valence-corrected chi connectivity index (χ4v) is 1.04. The summed E-state index contributed by atoms with van der Waals surface area (Å²) in [6.07, 6.45) is 3.22. The Morgan fingerprint density at radius 1 is 1.67 bits per heavy atom. The monoisotopic (exact) mass is 165 g/mol. The van der Waals surface area contributed by atoms with Gasteiger partial charge in [-0.2, -0.15) is 10.1 Å². The highest BCUT2D eigenvalue weighted by Crippen LogP contribution is 2.23. The lowest BCUT2D eigenvalue weighted by Gasteiger charge is -1.98. The highest BCUT2D eigenvalue weighted by molar-refractivity contribution is 5.51. The maximum atomic E-state index is 10.0. The largest absolute Gasteiger partial charge is 0.273 e. The van der Waals surface area contributed by atoms with Crippen LogP contribution in [0.15, 0.2) is 11.2 Å². The van der Waals surface area contributed by atoms with Crippen molar-refractivity contribution >= 4 is 11.8 Å². The van der Waals surface area contributed by atoms with Crippen LogP contribution in [-0.2, 0) is 11.8 Å². The summed E-state index contributed by atoms with van der Waals surface area (Å²) in [4.78, 5) is 13.6. The molecule has 4 heteroatoms. The predicted molar refractivity (Wildman–Crippen MR) is 45.1 cm³/mol. The van der Waals surface area contributed by atoms with Gasteiger partial charge in [0.05, 0.1) is 11.9 Å². The zero-order valence-corrected chi connectivity index (χ0v) is 7.40. The van der Waals surface area contributed by atoms with Gasteiger partial charge in [-0.05, 0) is 5.92 Å². The summed E-state index contributed by atoms with van der Waals surface area (Å²) in [5.41, 5.74) is 1.45. The molecule has 1 rings (SSSR count). The van der Waals surface area contributed by atoms with Crippen molar-refractivity contribution in [1.29, 1.82) is 0 Å². The van der Waals surface area contributed by atoms with Crippen molar-refractivity contribution in [3.8, 4) is 0 Å². The number of hydrogen-bond donors (Lipinski definition) is 0. The summed E-state index contributed by atoms with van der Waals surface area (Å²) in [7, 11) is 1.80. The van der Waals surface area contributed by atoms with E-state index >= 15 is 0 Å². The van der Waals surface area contributed by atoms with Crippen molar-refractivity contribution in [3.05, 3.63) is 11.9 Å². The third-order valence-corrected chi connectivity index (χ3v) is 1.55. The van der Waals surface area contributed by atoms with Gasteiger partial charge in [0.2, 0.25) is 6.08 Å². The van der Waals surface area contributed by atoms with Gasteiger partial charge in [0, 0.05) is 7.05 Å². The first kappa shape index (κ1) is 8.68. The Kier molecular flexibility index (Phi) is 2.41. The van der Waals surface area contributed by atoms with Gasteiger partial charge >= 0.3 is 0 Å². The van der Waals surface area contributed by atoms with Crippen molar-refractivity contribution in [3.63, 3.8) is 0 Å². The van der Waals surface area contributed by atoms with Gasteiger partial charge in [-0.1, -0.05) is 13.8 Å². The molecule has 64 valence electrons. The lowest BCUT2D eigenvalue weighted by Crippen LogP contribution is -1.92. The first-order chi connectivity index (χ1) is 5.65. The van der Waals surface area contributed by atoms with E-state index in [-0.39, 0.29) is 5.92 Å². The fourth-order valence-electron chi connectivity index (χ4n) is 1.04. The number of carbonyl (C=O) groups excluding carboxylic acids is 1. The molecule has 0 saturated heterocycles. The second-order valence-electron chi connectivity index (χ2n) is 2.93. The quantitative estimate of drug-likeness (QED) is 0.492. The lowest BCUT2D eigenvalue weighted by molar-refractivity contribution is 0.565. The van der Waals surface area contributed by atoms with E-state index in [2.05, 4.69) is 10.1 Å². The summed E-state index contributed by atoms with van der Waals surface area (Å²) in [6.45, 7) is 4.01. The van der Waals surface area contributed by atoms with Crippen LogP contribution in [0.25, 0.3) is 0 Å². The van der Waals surface area contributed by atoms with E-state index < -0.39 is 0 Å². The van der Waals surface area contributed by atoms with Crippen molar-refractivity contribution in [2.45, 2.75) is 19.8 Å². The number of rotatable bonds is 2. The maximum absolute atomic E-state index is 10.0. The summed E-state index contributed by atoms with van der Waals surface area (Å²) in [5, 5.41) is 4.17. The molecule has 0 spiro atoms. The number of aromatic nitrogens is 2. The lowest BCUT2D eigenvalue weighted by atomic mass is 10.1. The molecule has 0 fully saturated rings. The van der Waals surface area contributed by atoms with E-state index in [0.717, 1.165) is 5.69 Å². The van der Waals surface area contributed by atoms with Crippen LogP contribution in [0.3, 0.4) is 0 Å². The second-order valence-corrected chi connectivity index (χ2v) is 2.93. The summed E-state index contributed by atoms with van der Waals surface area (Å²) in [6, 6.07) is 0. The van der Waals surface area contributed by atoms with Gasteiger partial charge in [0.15, 0.2) is 0 Å². The molecule has 0 aliphatic carbocycles. The van der Waals surface area contributed by atoms with Crippen molar-refractivity contribution in [2.24, 2.45) is 12.0 Å². The minimum absolute atomic E-state index is 0.276. The van der Waals surface area contributed by atoms with Crippen LogP contribution in [0.4, 0.5) is 5.69 Å². The van der Waals surface area contributed by atoms with Crippen LogP contribution in [0.2, 0.25) is 0 Å². The summed E-state index contributed by atoms with van der Waals surface area (Å²) >= 11 is 0. The van der Waals surface area contributed by atoms with Crippen molar-refractivity contribution in [2.75, 3.05) is 0 Å². The van der Waals surface area contributed by atoms with Gasteiger partial charge in [0.1, 0.15) is 5.69 Å². The standard InChI is InChI=1S/C8H11N3O/c1-6(2)8-7(9-5-12)4-11(3)10-8/h4,6H,1-3H3. The van der Waals surface area contributed by atoms with Crippen molar-refractivity contribution in [1.82, 2.24) is 9.78 Å². The first-order valence-corrected chi connectivity index (χ1v) is 3.76. The third-order valence-electron chi connectivity index (χ3n) is 1.55. The molecule has 0 unspecified atom stereocenters. The van der Waals surface area contributed by atoms with Gasteiger partial charge < -0.3 is 0 Å². The molecule has 0 aliphatic heterocycles. The van der Waals surface area contributed by atoms with E-state index in [0.29, 0.717) is 5.69 Å².